The van der Waals surface area contributed by atoms with Crippen molar-refractivity contribution in [2.24, 2.45) is 5.92 Å². The lowest BCUT2D eigenvalue weighted by molar-refractivity contribution is -0.116. The van der Waals surface area contributed by atoms with E-state index in [0.29, 0.717) is 17.9 Å². The van der Waals surface area contributed by atoms with E-state index < -0.39 is 0 Å². The van der Waals surface area contributed by atoms with E-state index in [1.165, 1.54) is 0 Å². The summed E-state index contributed by atoms with van der Waals surface area (Å²) in [5.41, 5.74) is 0.647. The average Bonchev–Trinajstić information content (AvgIpc) is 2.37. The first kappa shape index (κ1) is 15.0. The second kappa shape index (κ2) is 7.42. The van der Waals surface area contributed by atoms with Crippen LogP contribution in [0.5, 0.6) is 5.75 Å². The van der Waals surface area contributed by atoms with Gasteiger partial charge in [0.05, 0.1) is 23.8 Å². The van der Waals surface area contributed by atoms with Gasteiger partial charge in [0.1, 0.15) is 5.75 Å². The maximum Gasteiger partial charge on any atom is 0.225 e. The van der Waals surface area contributed by atoms with Crippen molar-refractivity contribution in [3.63, 3.8) is 0 Å². The Kier molecular flexibility index (Phi) is 5.87. The third kappa shape index (κ3) is 5.01. The van der Waals surface area contributed by atoms with Crippen LogP contribution in [0.25, 0.3) is 0 Å². The van der Waals surface area contributed by atoms with E-state index in [1.807, 2.05) is 39.0 Å². The van der Waals surface area contributed by atoms with Gasteiger partial charge in [-0.25, -0.2) is 0 Å². The van der Waals surface area contributed by atoms with E-state index in [-0.39, 0.29) is 24.3 Å². The number of nitrogens with zero attached hydrogens (tertiary/aromatic N) is 1. The van der Waals surface area contributed by atoms with Gasteiger partial charge in [-0.3, -0.25) is 4.79 Å². The van der Waals surface area contributed by atoms with E-state index in [2.05, 4.69) is 11.4 Å². The van der Waals surface area contributed by atoms with Gasteiger partial charge in [-0.1, -0.05) is 19.1 Å². The minimum Gasteiger partial charge on any atom is -0.489 e. The Morgan fingerprint density at radius 3 is 2.68 bits per heavy atom. The fourth-order valence-electron chi connectivity index (χ4n) is 1.63. The van der Waals surface area contributed by atoms with Crippen molar-refractivity contribution in [2.75, 3.05) is 5.32 Å². The summed E-state index contributed by atoms with van der Waals surface area (Å²) in [6.07, 6.45) is 0.928. The van der Waals surface area contributed by atoms with Crippen molar-refractivity contribution in [2.45, 2.75) is 39.7 Å². The number of hydrogen-bond donors (Lipinski definition) is 1. The molecular formula is C15H20N2O2. The molecule has 0 aliphatic carbocycles. The monoisotopic (exact) mass is 260 g/mol. The number of hydrogen-bond acceptors (Lipinski definition) is 3. The van der Waals surface area contributed by atoms with Gasteiger partial charge >= 0.3 is 0 Å². The molecule has 0 aliphatic heterocycles. The van der Waals surface area contributed by atoms with Crippen LogP contribution in [-0.4, -0.2) is 12.0 Å². The van der Waals surface area contributed by atoms with Crippen LogP contribution in [0.15, 0.2) is 24.3 Å². The summed E-state index contributed by atoms with van der Waals surface area (Å²) in [6.45, 7) is 5.76. The molecule has 0 saturated heterocycles. The van der Waals surface area contributed by atoms with Crippen LogP contribution in [0.3, 0.4) is 0 Å². The molecule has 0 bridgehead atoms. The number of carbonyl (C=O) groups excluding carboxylic acids is 1. The standard InChI is InChI=1S/C15H20N2O2/c1-4-12(10-16)9-15(18)17-13-7-5-6-8-14(13)19-11(2)3/h5-8,11-12H,4,9H2,1-3H3,(H,17,18). The molecule has 0 spiro atoms. The predicted molar refractivity (Wildman–Crippen MR) is 74.8 cm³/mol. The van der Waals surface area contributed by atoms with E-state index in [9.17, 15) is 4.79 Å². The van der Waals surface area contributed by atoms with Gasteiger partial charge < -0.3 is 10.1 Å². The van der Waals surface area contributed by atoms with Crippen LogP contribution in [-0.2, 0) is 4.79 Å². The highest BCUT2D eigenvalue weighted by atomic mass is 16.5. The zero-order valence-corrected chi connectivity index (χ0v) is 11.6. The fourth-order valence-corrected chi connectivity index (χ4v) is 1.63. The van der Waals surface area contributed by atoms with Gasteiger partial charge in [0, 0.05) is 6.42 Å². The number of carbonyl (C=O) groups is 1. The molecule has 1 amide bonds. The van der Waals surface area contributed by atoms with Gasteiger partial charge in [0.15, 0.2) is 0 Å². The van der Waals surface area contributed by atoms with Crippen LogP contribution in [0.1, 0.15) is 33.6 Å². The van der Waals surface area contributed by atoms with Gasteiger partial charge in [0.2, 0.25) is 5.91 Å². The molecule has 0 fully saturated rings. The second-order valence-corrected chi connectivity index (χ2v) is 4.65. The molecule has 1 rings (SSSR count). The molecule has 0 radical (unpaired) electrons. The number of amides is 1. The number of nitrogens with one attached hydrogen (secondary N) is 1. The van der Waals surface area contributed by atoms with Crippen LogP contribution < -0.4 is 10.1 Å². The summed E-state index contributed by atoms with van der Waals surface area (Å²) in [4.78, 5) is 11.9. The lowest BCUT2D eigenvalue weighted by Crippen LogP contribution is -2.17. The highest BCUT2D eigenvalue weighted by Crippen LogP contribution is 2.25. The Hall–Kier alpha value is -2.02. The predicted octanol–water partition coefficient (Wildman–Crippen LogP) is 3.35. The van der Waals surface area contributed by atoms with E-state index in [1.54, 1.807) is 6.07 Å². The molecule has 1 atom stereocenters. The summed E-state index contributed by atoms with van der Waals surface area (Å²) in [5.74, 6) is 0.252. The number of ether oxygens (including phenoxy) is 1. The number of rotatable bonds is 6. The molecule has 4 nitrogen and oxygen atoms in total. The third-order valence-electron chi connectivity index (χ3n) is 2.63. The molecule has 1 aromatic rings. The van der Waals surface area contributed by atoms with Crippen molar-refractivity contribution in [1.82, 2.24) is 0 Å². The van der Waals surface area contributed by atoms with Crippen molar-refractivity contribution in [3.8, 4) is 11.8 Å². The lowest BCUT2D eigenvalue weighted by Gasteiger charge is -2.15. The minimum absolute atomic E-state index is 0.0422. The van der Waals surface area contributed by atoms with E-state index in [0.717, 1.165) is 0 Å². The molecule has 0 aromatic heterocycles. The Morgan fingerprint density at radius 1 is 1.42 bits per heavy atom. The van der Waals surface area contributed by atoms with Crippen molar-refractivity contribution in [3.05, 3.63) is 24.3 Å². The largest absolute Gasteiger partial charge is 0.489 e. The first-order chi connectivity index (χ1) is 9.06. The van der Waals surface area contributed by atoms with Gasteiger partial charge in [0.25, 0.3) is 0 Å². The molecule has 1 aromatic carbocycles. The quantitative estimate of drug-likeness (QED) is 0.853. The zero-order valence-electron chi connectivity index (χ0n) is 11.6. The number of benzene rings is 1. The van der Waals surface area contributed by atoms with Crippen LogP contribution in [0.4, 0.5) is 5.69 Å². The molecule has 1 unspecified atom stereocenters. The van der Waals surface area contributed by atoms with Crippen molar-refractivity contribution >= 4 is 11.6 Å². The molecule has 1 N–H and O–H groups in total. The number of anilines is 1. The van der Waals surface area contributed by atoms with Crippen LogP contribution >= 0.6 is 0 Å². The molecule has 4 heteroatoms. The number of nitriles is 1. The Bertz CT molecular complexity index is 463. The topological polar surface area (TPSA) is 62.1 Å². The first-order valence-corrected chi connectivity index (χ1v) is 6.52. The Balaban J connectivity index is 2.71. The van der Waals surface area contributed by atoms with Crippen molar-refractivity contribution < 1.29 is 9.53 Å². The zero-order chi connectivity index (χ0) is 14.3. The summed E-state index contributed by atoms with van der Waals surface area (Å²) in [5, 5.41) is 11.7. The highest BCUT2D eigenvalue weighted by Gasteiger charge is 2.13. The molecule has 0 saturated carbocycles. The first-order valence-electron chi connectivity index (χ1n) is 6.52. The van der Waals surface area contributed by atoms with Crippen LogP contribution in [0.2, 0.25) is 0 Å². The van der Waals surface area contributed by atoms with Gasteiger partial charge in [-0.2, -0.15) is 5.26 Å². The van der Waals surface area contributed by atoms with Crippen LogP contribution in [0, 0.1) is 17.2 Å². The van der Waals surface area contributed by atoms with Gasteiger partial charge in [-0.15, -0.1) is 0 Å². The number of para-hydroxylation sites is 2. The molecule has 0 aliphatic rings. The third-order valence-corrected chi connectivity index (χ3v) is 2.63. The summed E-state index contributed by atoms with van der Waals surface area (Å²) in [7, 11) is 0. The average molecular weight is 260 g/mol. The van der Waals surface area contributed by atoms with Gasteiger partial charge in [-0.05, 0) is 32.4 Å². The normalized spacial score (nSPS) is 11.7. The van der Waals surface area contributed by atoms with Crippen molar-refractivity contribution in [1.29, 1.82) is 5.26 Å². The molecule has 102 valence electrons. The van der Waals surface area contributed by atoms with E-state index in [4.69, 9.17) is 10.00 Å². The second-order valence-electron chi connectivity index (χ2n) is 4.65. The smallest absolute Gasteiger partial charge is 0.225 e. The molecule has 19 heavy (non-hydrogen) atoms. The fraction of sp³-hybridized carbons (Fsp3) is 0.467. The van der Waals surface area contributed by atoms with E-state index >= 15 is 0 Å². The SMILES string of the molecule is CCC(C#N)CC(=O)Nc1ccccc1OC(C)C. The highest BCUT2D eigenvalue weighted by molar-refractivity contribution is 5.92. The Morgan fingerprint density at radius 2 is 2.11 bits per heavy atom. The Labute approximate surface area is 114 Å². The maximum atomic E-state index is 11.9. The minimum atomic E-state index is -0.238. The molecular weight excluding hydrogens is 240 g/mol. The summed E-state index contributed by atoms with van der Waals surface area (Å²) >= 11 is 0. The lowest BCUT2D eigenvalue weighted by atomic mass is 10.0. The summed E-state index contributed by atoms with van der Waals surface area (Å²) in [6, 6.07) is 9.43. The maximum absolute atomic E-state index is 11.9. The molecule has 0 heterocycles. The summed E-state index contributed by atoms with van der Waals surface area (Å²) < 4.78 is 5.62.